The van der Waals surface area contributed by atoms with Crippen molar-refractivity contribution in [3.63, 3.8) is 0 Å². The Balaban J connectivity index is 1.45. The number of anilines is 2. The Morgan fingerprint density at radius 1 is 0.714 bits per heavy atom. The molecule has 0 saturated heterocycles. The van der Waals surface area contributed by atoms with E-state index in [-0.39, 0.29) is 23.8 Å². The zero-order valence-electron chi connectivity index (χ0n) is 19.1. The van der Waals surface area contributed by atoms with Crippen molar-refractivity contribution in [3.05, 3.63) is 118 Å². The fourth-order valence-electron chi connectivity index (χ4n) is 4.32. The standard InChI is InChI=1S/C29H23N3O3/c1-19-21(29(35)30-20-10-3-2-4-11-20)14-9-15-24(19)31-27(33)18-32-25-16-7-5-12-22(25)28(34)23-13-6-8-17-26(23)32/h2-17H,18H2,1H3,(H,30,35)(H,31,33). The summed E-state index contributed by atoms with van der Waals surface area (Å²) >= 11 is 0. The van der Waals surface area contributed by atoms with Crippen LogP contribution in [0.15, 0.2) is 102 Å². The molecule has 0 radical (unpaired) electrons. The number of hydrogen-bond acceptors (Lipinski definition) is 3. The van der Waals surface area contributed by atoms with Gasteiger partial charge in [0, 0.05) is 27.7 Å². The molecule has 0 fully saturated rings. The van der Waals surface area contributed by atoms with E-state index in [0.717, 1.165) is 0 Å². The second-order valence-corrected chi connectivity index (χ2v) is 8.30. The van der Waals surface area contributed by atoms with Gasteiger partial charge in [-0.2, -0.15) is 0 Å². The van der Waals surface area contributed by atoms with Crippen LogP contribution in [0.5, 0.6) is 0 Å². The highest BCUT2D eigenvalue weighted by atomic mass is 16.2. The molecule has 2 N–H and O–H groups in total. The number of carbonyl (C=O) groups excluding carboxylic acids is 2. The summed E-state index contributed by atoms with van der Waals surface area (Å²) in [7, 11) is 0. The predicted molar refractivity (Wildman–Crippen MR) is 140 cm³/mol. The Morgan fingerprint density at radius 2 is 1.31 bits per heavy atom. The third-order valence-corrected chi connectivity index (χ3v) is 6.06. The number of nitrogens with zero attached hydrogens (tertiary/aromatic N) is 1. The topological polar surface area (TPSA) is 80.2 Å². The Kier molecular flexibility index (Phi) is 5.85. The van der Waals surface area contributed by atoms with Gasteiger partial charge in [-0.15, -0.1) is 0 Å². The molecule has 0 aliphatic carbocycles. The van der Waals surface area contributed by atoms with Crippen LogP contribution in [-0.4, -0.2) is 16.4 Å². The largest absolute Gasteiger partial charge is 0.331 e. The van der Waals surface area contributed by atoms with E-state index >= 15 is 0 Å². The summed E-state index contributed by atoms with van der Waals surface area (Å²) in [5, 5.41) is 6.95. The summed E-state index contributed by atoms with van der Waals surface area (Å²) in [4.78, 5) is 38.9. The quantitative estimate of drug-likeness (QED) is 0.346. The number of para-hydroxylation sites is 3. The van der Waals surface area contributed by atoms with Crippen LogP contribution in [0.1, 0.15) is 15.9 Å². The molecule has 0 aliphatic rings. The van der Waals surface area contributed by atoms with Crippen LogP contribution in [0.3, 0.4) is 0 Å². The molecular weight excluding hydrogens is 438 g/mol. The van der Waals surface area contributed by atoms with E-state index in [1.165, 1.54) is 0 Å². The van der Waals surface area contributed by atoms with Gasteiger partial charge in [-0.3, -0.25) is 14.4 Å². The van der Waals surface area contributed by atoms with Crippen LogP contribution >= 0.6 is 0 Å². The van der Waals surface area contributed by atoms with Gasteiger partial charge in [-0.25, -0.2) is 0 Å². The van der Waals surface area contributed by atoms with Gasteiger partial charge in [-0.1, -0.05) is 48.5 Å². The number of hydrogen-bond donors (Lipinski definition) is 2. The van der Waals surface area contributed by atoms with Gasteiger partial charge >= 0.3 is 0 Å². The van der Waals surface area contributed by atoms with Gasteiger partial charge in [0.1, 0.15) is 6.54 Å². The Morgan fingerprint density at radius 3 is 1.97 bits per heavy atom. The Labute approximate surface area is 201 Å². The zero-order chi connectivity index (χ0) is 24.4. The van der Waals surface area contributed by atoms with Crippen LogP contribution in [0.25, 0.3) is 21.8 Å². The number of fused-ring (bicyclic) bond motifs is 2. The van der Waals surface area contributed by atoms with E-state index < -0.39 is 0 Å². The smallest absolute Gasteiger partial charge is 0.256 e. The van der Waals surface area contributed by atoms with E-state index in [1.54, 1.807) is 37.3 Å². The molecule has 6 heteroatoms. The van der Waals surface area contributed by atoms with Gasteiger partial charge < -0.3 is 15.2 Å². The third kappa shape index (κ3) is 4.29. The first-order valence-corrected chi connectivity index (χ1v) is 11.3. The maximum atomic E-state index is 13.2. The van der Waals surface area contributed by atoms with Gasteiger partial charge in [0.05, 0.1) is 11.0 Å². The summed E-state index contributed by atoms with van der Waals surface area (Å²) in [6.07, 6.45) is 0. The first-order chi connectivity index (χ1) is 17.0. The molecular formula is C29H23N3O3. The Bertz CT molecular complexity index is 1580. The number of nitrogens with one attached hydrogen (secondary N) is 2. The van der Waals surface area contributed by atoms with Gasteiger partial charge in [0.15, 0.2) is 5.43 Å². The van der Waals surface area contributed by atoms with Crippen molar-refractivity contribution >= 4 is 45.0 Å². The molecule has 1 aromatic heterocycles. The SMILES string of the molecule is Cc1c(NC(=O)Cn2c3ccccc3c(=O)c3ccccc32)cccc1C(=O)Nc1ccccc1. The van der Waals surface area contributed by atoms with Crippen LogP contribution in [0.2, 0.25) is 0 Å². The lowest BCUT2D eigenvalue weighted by atomic mass is 10.1. The molecule has 1 heterocycles. The van der Waals surface area contributed by atoms with Crippen LogP contribution in [0, 0.1) is 6.92 Å². The minimum Gasteiger partial charge on any atom is -0.331 e. The average Bonchev–Trinajstić information content (AvgIpc) is 2.88. The number of aromatic nitrogens is 1. The van der Waals surface area contributed by atoms with Gasteiger partial charge in [0.2, 0.25) is 5.91 Å². The first-order valence-electron chi connectivity index (χ1n) is 11.3. The number of carbonyl (C=O) groups is 2. The summed E-state index contributed by atoms with van der Waals surface area (Å²) < 4.78 is 1.85. The number of pyridine rings is 1. The van der Waals surface area contributed by atoms with Crippen LogP contribution < -0.4 is 16.1 Å². The first kappa shape index (κ1) is 22.1. The molecule has 0 unspecified atom stereocenters. The maximum Gasteiger partial charge on any atom is 0.256 e. The normalized spacial score (nSPS) is 10.9. The molecule has 4 aromatic carbocycles. The molecule has 5 aromatic rings. The molecule has 0 bridgehead atoms. The van der Waals surface area contributed by atoms with Crippen molar-refractivity contribution in [2.45, 2.75) is 13.5 Å². The maximum absolute atomic E-state index is 13.2. The van der Waals surface area contributed by atoms with E-state index in [2.05, 4.69) is 10.6 Å². The lowest BCUT2D eigenvalue weighted by molar-refractivity contribution is -0.116. The molecule has 0 aliphatic heterocycles. The summed E-state index contributed by atoms with van der Waals surface area (Å²) in [6, 6.07) is 29.0. The summed E-state index contributed by atoms with van der Waals surface area (Å²) in [6.45, 7) is 1.82. The fourth-order valence-corrected chi connectivity index (χ4v) is 4.32. The highest BCUT2D eigenvalue weighted by Gasteiger charge is 2.16. The van der Waals surface area contributed by atoms with Crippen molar-refractivity contribution in [2.75, 3.05) is 10.6 Å². The Hall–Kier alpha value is -4.71. The van der Waals surface area contributed by atoms with E-state index in [4.69, 9.17) is 0 Å². The second-order valence-electron chi connectivity index (χ2n) is 8.30. The number of rotatable bonds is 5. The van der Waals surface area contributed by atoms with E-state index in [0.29, 0.717) is 44.3 Å². The molecule has 6 nitrogen and oxygen atoms in total. The van der Waals surface area contributed by atoms with Crippen LogP contribution in [0.4, 0.5) is 11.4 Å². The third-order valence-electron chi connectivity index (χ3n) is 6.06. The van der Waals surface area contributed by atoms with E-state index in [9.17, 15) is 14.4 Å². The highest BCUT2D eigenvalue weighted by molar-refractivity contribution is 6.07. The minimum atomic E-state index is -0.257. The van der Waals surface area contributed by atoms with Crippen LogP contribution in [-0.2, 0) is 11.3 Å². The van der Waals surface area contributed by atoms with Crippen molar-refractivity contribution in [3.8, 4) is 0 Å². The zero-order valence-corrected chi connectivity index (χ0v) is 19.1. The highest BCUT2D eigenvalue weighted by Crippen LogP contribution is 2.22. The summed E-state index contributed by atoms with van der Waals surface area (Å²) in [5.41, 5.74) is 3.74. The molecule has 5 rings (SSSR count). The second kappa shape index (κ2) is 9.27. The van der Waals surface area contributed by atoms with Crippen molar-refractivity contribution in [2.24, 2.45) is 0 Å². The minimum absolute atomic E-state index is 0.0151. The molecule has 172 valence electrons. The molecule has 0 atom stereocenters. The van der Waals surface area contributed by atoms with Gasteiger partial charge in [0.25, 0.3) is 5.91 Å². The fraction of sp³-hybridized carbons (Fsp3) is 0.0690. The molecule has 0 spiro atoms. The van der Waals surface area contributed by atoms with E-state index in [1.807, 2.05) is 71.3 Å². The van der Waals surface area contributed by atoms with Crippen molar-refractivity contribution < 1.29 is 9.59 Å². The number of amides is 2. The lowest BCUT2D eigenvalue weighted by Crippen LogP contribution is -2.22. The molecule has 35 heavy (non-hydrogen) atoms. The molecule has 2 amide bonds. The summed E-state index contributed by atoms with van der Waals surface area (Å²) in [5.74, 6) is -0.505. The predicted octanol–water partition coefficient (Wildman–Crippen LogP) is 5.35. The van der Waals surface area contributed by atoms with Crippen molar-refractivity contribution in [1.29, 1.82) is 0 Å². The van der Waals surface area contributed by atoms with Crippen molar-refractivity contribution in [1.82, 2.24) is 4.57 Å². The molecule has 0 saturated carbocycles. The monoisotopic (exact) mass is 461 g/mol. The van der Waals surface area contributed by atoms with Gasteiger partial charge in [-0.05, 0) is 61.0 Å². The number of benzene rings is 4. The average molecular weight is 462 g/mol. The lowest BCUT2D eigenvalue weighted by Gasteiger charge is -2.16.